The van der Waals surface area contributed by atoms with E-state index in [1.54, 1.807) is 0 Å². The first-order valence-electron chi connectivity index (χ1n) is 5.37. The Morgan fingerprint density at radius 1 is 1.38 bits per heavy atom. The number of para-hydroxylation sites is 1. The van der Waals surface area contributed by atoms with Gasteiger partial charge < -0.3 is 0 Å². The average Bonchev–Trinajstić information content (AvgIpc) is 2.63. The molecule has 0 radical (unpaired) electrons. The maximum absolute atomic E-state index is 5.65. The Kier molecular flexibility index (Phi) is 4.13. The van der Waals surface area contributed by atoms with E-state index in [0.29, 0.717) is 0 Å². The third-order valence-corrected chi connectivity index (χ3v) is 3.82. The molecule has 1 aromatic carbocycles. The molecule has 0 aliphatic heterocycles. The Balaban J connectivity index is 2.12. The normalized spacial score (nSPS) is 11.1. The lowest BCUT2D eigenvalue weighted by atomic mass is 10.2. The fraction of sp³-hybridized carbons (Fsp3) is 0.417. The fourth-order valence-electron chi connectivity index (χ4n) is 1.72. The van der Waals surface area contributed by atoms with Crippen molar-refractivity contribution < 1.29 is 0 Å². The van der Waals surface area contributed by atoms with E-state index in [9.17, 15) is 0 Å². The third kappa shape index (κ3) is 2.53. The van der Waals surface area contributed by atoms with Crippen molar-refractivity contribution in [1.29, 1.82) is 0 Å². The Hall–Kier alpha value is -0.670. The number of fused-ring (bicyclic) bond motifs is 1. The molecule has 0 aliphatic carbocycles. The van der Waals surface area contributed by atoms with Crippen molar-refractivity contribution in [3.05, 3.63) is 30.0 Å². The lowest BCUT2D eigenvalue weighted by Gasteiger charge is -1.97. The zero-order valence-electron chi connectivity index (χ0n) is 9.32. The van der Waals surface area contributed by atoms with Crippen LogP contribution in [0.4, 0.5) is 0 Å². The lowest BCUT2D eigenvalue weighted by molar-refractivity contribution is 0.781. The summed E-state index contributed by atoms with van der Waals surface area (Å²) in [6, 6.07) is 8.36. The molecule has 2 aromatic rings. The molecule has 1 heterocycles. The largest absolute Gasteiger partial charge is 0.268 e. The van der Waals surface area contributed by atoms with Gasteiger partial charge in [-0.25, -0.2) is 0 Å². The number of rotatable bonds is 5. The minimum absolute atomic E-state index is 0.746. The minimum atomic E-state index is 0.746. The fourth-order valence-corrected chi connectivity index (χ4v) is 2.91. The monoisotopic (exact) mass is 254 g/mol. The number of thioether (sulfide) groups is 1. The summed E-state index contributed by atoms with van der Waals surface area (Å²) in [7, 11) is 2.00. The van der Waals surface area contributed by atoms with Gasteiger partial charge in [-0.1, -0.05) is 18.2 Å². The number of halogens is 1. The zero-order valence-corrected chi connectivity index (χ0v) is 10.9. The molecular formula is C12H15ClN2S. The van der Waals surface area contributed by atoms with E-state index in [1.807, 2.05) is 23.5 Å². The summed E-state index contributed by atoms with van der Waals surface area (Å²) in [5.74, 6) is 2.82. The summed E-state index contributed by atoms with van der Waals surface area (Å²) in [6.45, 7) is 0. The molecule has 0 spiro atoms. The molecule has 2 nitrogen and oxygen atoms in total. The van der Waals surface area contributed by atoms with Gasteiger partial charge in [0.15, 0.2) is 0 Å². The third-order valence-electron chi connectivity index (χ3n) is 2.50. The number of aryl methyl sites for hydroxylation is 1. The maximum Gasteiger partial charge on any atom is 0.0802 e. The van der Waals surface area contributed by atoms with Crippen molar-refractivity contribution in [2.24, 2.45) is 7.05 Å². The number of alkyl halides is 1. The molecular weight excluding hydrogens is 240 g/mol. The van der Waals surface area contributed by atoms with Crippen LogP contribution in [0.3, 0.4) is 0 Å². The maximum atomic E-state index is 5.65. The van der Waals surface area contributed by atoms with Crippen LogP contribution in [0.25, 0.3) is 10.9 Å². The van der Waals surface area contributed by atoms with E-state index in [0.717, 1.165) is 23.8 Å². The van der Waals surface area contributed by atoms with Crippen LogP contribution >= 0.6 is 23.4 Å². The number of nitrogens with zero attached hydrogens (tertiary/aromatic N) is 2. The van der Waals surface area contributed by atoms with Crippen LogP contribution < -0.4 is 0 Å². The second kappa shape index (κ2) is 5.60. The summed E-state index contributed by atoms with van der Waals surface area (Å²) in [5, 5.41) is 5.82. The molecule has 0 bridgehead atoms. The Labute approximate surface area is 105 Å². The highest BCUT2D eigenvalue weighted by Crippen LogP contribution is 2.21. The first kappa shape index (κ1) is 11.8. The summed E-state index contributed by atoms with van der Waals surface area (Å²) in [6.07, 6.45) is 1.07. The smallest absolute Gasteiger partial charge is 0.0802 e. The van der Waals surface area contributed by atoms with Crippen LogP contribution in [0.15, 0.2) is 24.3 Å². The van der Waals surface area contributed by atoms with Gasteiger partial charge in [0, 0.05) is 24.1 Å². The second-order valence-corrected chi connectivity index (χ2v) is 5.17. The summed E-state index contributed by atoms with van der Waals surface area (Å²) in [5.41, 5.74) is 2.38. The Morgan fingerprint density at radius 2 is 2.19 bits per heavy atom. The molecule has 0 atom stereocenters. The zero-order chi connectivity index (χ0) is 11.4. The Bertz CT molecular complexity index is 467. The lowest BCUT2D eigenvalue weighted by Crippen LogP contribution is -1.91. The summed E-state index contributed by atoms with van der Waals surface area (Å²) in [4.78, 5) is 0. The highest BCUT2D eigenvalue weighted by atomic mass is 35.5. The molecule has 4 heteroatoms. The van der Waals surface area contributed by atoms with E-state index in [1.165, 1.54) is 16.6 Å². The average molecular weight is 255 g/mol. The van der Waals surface area contributed by atoms with Crippen LogP contribution in [0.5, 0.6) is 0 Å². The van der Waals surface area contributed by atoms with Gasteiger partial charge in [-0.05, 0) is 18.2 Å². The first-order chi connectivity index (χ1) is 7.83. The van der Waals surface area contributed by atoms with E-state index in [4.69, 9.17) is 11.6 Å². The molecule has 0 amide bonds. The van der Waals surface area contributed by atoms with Gasteiger partial charge in [-0.2, -0.15) is 16.9 Å². The van der Waals surface area contributed by atoms with Gasteiger partial charge in [-0.3, -0.25) is 4.68 Å². The van der Waals surface area contributed by atoms with E-state index in [-0.39, 0.29) is 0 Å². The molecule has 0 unspecified atom stereocenters. The standard InChI is InChI=1S/C12H15ClN2S/c1-15-12-6-3-2-5-10(12)11(14-15)9-16-8-4-7-13/h2-3,5-6H,4,7-9H2,1H3. The van der Waals surface area contributed by atoms with Crippen LogP contribution in [-0.4, -0.2) is 21.4 Å². The molecule has 86 valence electrons. The van der Waals surface area contributed by atoms with Crippen LogP contribution in [0.1, 0.15) is 12.1 Å². The molecule has 0 fully saturated rings. The molecule has 0 saturated heterocycles. The summed E-state index contributed by atoms with van der Waals surface area (Å²) < 4.78 is 1.95. The highest BCUT2D eigenvalue weighted by molar-refractivity contribution is 7.98. The SMILES string of the molecule is Cn1nc(CSCCCCl)c2ccccc21. The quantitative estimate of drug-likeness (QED) is 0.601. The first-order valence-corrected chi connectivity index (χ1v) is 7.06. The Morgan fingerprint density at radius 3 is 3.00 bits per heavy atom. The van der Waals surface area contributed by atoms with Gasteiger partial charge in [0.1, 0.15) is 0 Å². The van der Waals surface area contributed by atoms with Crippen molar-refractivity contribution in [2.75, 3.05) is 11.6 Å². The molecule has 0 saturated carbocycles. The van der Waals surface area contributed by atoms with Gasteiger partial charge in [-0.15, -0.1) is 11.6 Å². The van der Waals surface area contributed by atoms with Crippen LogP contribution in [-0.2, 0) is 12.8 Å². The van der Waals surface area contributed by atoms with E-state index >= 15 is 0 Å². The molecule has 0 N–H and O–H groups in total. The van der Waals surface area contributed by atoms with Gasteiger partial charge in [0.2, 0.25) is 0 Å². The van der Waals surface area contributed by atoms with Gasteiger partial charge >= 0.3 is 0 Å². The van der Waals surface area contributed by atoms with Crippen LogP contribution in [0.2, 0.25) is 0 Å². The number of hydrogen-bond donors (Lipinski definition) is 0. The van der Waals surface area contributed by atoms with Crippen molar-refractivity contribution in [3.63, 3.8) is 0 Å². The van der Waals surface area contributed by atoms with Crippen molar-refractivity contribution in [3.8, 4) is 0 Å². The highest BCUT2D eigenvalue weighted by Gasteiger charge is 2.06. The number of benzene rings is 1. The molecule has 1 aromatic heterocycles. The topological polar surface area (TPSA) is 17.8 Å². The molecule has 2 rings (SSSR count). The summed E-state index contributed by atoms with van der Waals surface area (Å²) >= 11 is 7.55. The molecule has 0 aliphatic rings. The predicted molar refractivity (Wildman–Crippen MR) is 72.2 cm³/mol. The minimum Gasteiger partial charge on any atom is -0.268 e. The van der Waals surface area contributed by atoms with Crippen LogP contribution in [0, 0.1) is 0 Å². The van der Waals surface area contributed by atoms with Gasteiger partial charge in [0.05, 0.1) is 11.2 Å². The second-order valence-electron chi connectivity index (χ2n) is 3.68. The number of aromatic nitrogens is 2. The molecule has 16 heavy (non-hydrogen) atoms. The van der Waals surface area contributed by atoms with Crippen molar-refractivity contribution in [1.82, 2.24) is 9.78 Å². The number of hydrogen-bond acceptors (Lipinski definition) is 2. The van der Waals surface area contributed by atoms with E-state index in [2.05, 4.69) is 29.4 Å². The van der Waals surface area contributed by atoms with Gasteiger partial charge in [0.25, 0.3) is 0 Å². The van der Waals surface area contributed by atoms with Crippen molar-refractivity contribution in [2.45, 2.75) is 12.2 Å². The predicted octanol–water partition coefficient (Wildman–Crippen LogP) is 3.44. The van der Waals surface area contributed by atoms with Crippen molar-refractivity contribution >= 4 is 34.3 Å². The van der Waals surface area contributed by atoms with E-state index < -0.39 is 0 Å².